The largest absolute Gasteiger partial charge is 0.0848 e. The van der Waals surface area contributed by atoms with Gasteiger partial charge in [0.25, 0.3) is 0 Å². The van der Waals surface area contributed by atoms with Crippen LogP contribution < -0.4 is 0 Å². The summed E-state index contributed by atoms with van der Waals surface area (Å²) in [5.74, 6) is 5.89. The van der Waals surface area contributed by atoms with Crippen LogP contribution in [0.2, 0.25) is 0 Å². The Morgan fingerprint density at radius 2 is 1.43 bits per heavy atom. The number of rotatable bonds is 4. The molecule has 4 aliphatic rings. The third-order valence-corrected chi connectivity index (χ3v) is 8.35. The highest BCUT2D eigenvalue weighted by molar-refractivity contribution is 5.31. The fourth-order valence-electron chi connectivity index (χ4n) is 6.05. The summed E-state index contributed by atoms with van der Waals surface area (Å²) in [5.41, 5.74) is 1.60. The van der Waals surface area contributed by atoms with Crippen molar-refractivity contribution in [2.45, 2.75) is 84.5 Å². The first-order valence-electron chi connectivity index (χ1n) is 12.4. The smallest absolute Gasteiger partial charge is 0.00152 e. The summed E-state index contributed by atoms with van der Waals surface area (Å²) in [6, 6.07) is 0. The van der Waals surface area contributed by atoms with Crippen LogP contribution in [0.25, 0.3) is 0 Å². The molecule has 4 rings (SSSR count). The fraction of sp³-hybridized carbons (Fsp3) is 0.714. The SMILES string of the molecule is CC1CCC(/C=C/C2C=CC(C3=CCC(C4CCC(C)CC4)C=C3)CC2)CC1. The molecule has 0 nitrogen and oxygen atoms in total. The van der Waals surface area contributed by atoms with E-state index in [0.29, 0.717) is 11.8 Å². The summed E-state index contributed by atoms with van der Waals surface area (Å²) < 4.78 is 0. The molecule has 3 unspecified atom stereocenters. The zero-order valence-electron chi connectivity index (χ0n) is 18.4. The zero-order valence-corrected chi connectivity index (χ0v) is 18.4. The Hall–Kier alpha value is -1.04. The highest BCUT2D eigenvalue weighted by Gasteiger charge is 2.26. The van der Waals surface area contributed by atoms with E-state index < -0.39 is 0 Å². The first kappa shape index (κ1) is 20.2. The Balaban J connectivity index is 1.24. The molecule has 2 fully saturated rings. The van der Waals surface area contributed by atoms with E-state index in [1.54, 1.807) is 5.57 Å². The van der Waals surface area contributed by atoms with Crippen molar-refractivity contribution in [1.29, 1.82) is 0 Å². The van der Waals surface area contributed by atoms with Gasteiger partial charge < -0.3 is 0 Å². The van der Waals surface area contributed by atoms with Crippen molar-refractivity contribution in [2.24, 2.45) is 41.4 Å². The zero-order chi connectivity index (χ0) is 19.3. The van der Waals surface area contributed by atoms with Gasteiger partial charge >= 0.3 is 0 Å². The third-order valence-electron chi connectivity index (χ3n) is 8.35. The molecule has 0 aliphatic heterocycles. The second-order valence-corrected chi connectivity index (χ2v) is 10.6. The average molecular weight is 379 g/mol. The normalized spacial score (nSPS) is 41.9. The first-order chi connectivity index (χ1) is 13.7. The molecule has 0 aromatic rings. The fourth-order valence-corrected chi connectivity index (χ4v) is 6.05. The molecule has 0 aromatic heterocycles. The summed E-state index contributed by atoms with van der Waals surface area (Å²) in [6.07, 6.45) is 33.2. The third kappa shape index (κ3) is 5.31. The molecular formula is C28H42. The lowest BCUT2D eigenvalue weighted by atomic mass is 9.73. The molecule has 3 atom stereocenters. The standard InChI is InChI=1S/C28H42/c1-21-3-7-23(8-4-21)9-10-24-11-15-26(16-12-24)28-19-17-27(18-20-28)25-13-5-22(2)6-14-25/h9-11,15,17,19-27H,3-8,12-14,16,18H2,1-2H3/b10-9+. The minimum Gasteiger partial charge on any atom is -0.0848 e. The lowest BCUT2D eigenvalue weighted by Crippen LogP contribution is -2.21. The molecule has 2 saturated carbocycles. The van der Waals surface area contributed by atoms with E-state index in [4.69, 9.17) is 0 Å². The maximum atomic E-state index is 2.58. The van der Waals surface area contributed by atoms with Gasteiger partial charge in [0.1, 0.15) is 0 Å². The van der Waals surface area contributed by atoms with E-state index in [-0.39, 0.29) is 0 Å². The Kier molecular flexibility index (Phi) is 6.97. The summed E-state index contributed by atoms with van der Waals surface area (Å²) in [6.45, 7) is 4.84. The highest BCUT2D eigenvalue weighted by atomic mass is 14.3. The van der Waals surface area contributed by atoms with Crippen molar-refractivity contribution in [2.75, 3.05) is 0 Å². The molecule has 4 aliphatic carbocycles. The quantitative estimate of drug-likeness (QED) is 0.432. The van der Waals surface area contributed by atoms with Crippen LogP contribution in [0.5, 0.6) is 0 Å². The van der Waals surface area contributed by atoms with Crippen molar-refractivity contribution in [3.05, 3.63) is 48.1 Å². The Morgan fingerprint density at radius 1 is 0.714 bits per heavy atom. The molecule has 28 heavy (non-hydrogen) atoms. The molecule has 0 N–H and O–H groups in total. The van der Waals surface area contributed by atoms with Crippen LogP contribution in [0, 0.1) is 41.4 Å². The molecule has 0 heterocycles. The van der Waals surface area contributed by atoms with Crippen LogP contribution in [-0.4, -0.2) is 0 Å². The van der Waals surface area contributed by atoms with E-state index in [2.05, 4.69) is 56.4 Å². The monoisotopic (exact) mass is 378 g/mol. The van der Waals surface area contributed by atoms with Gasteiger partial charge in [-0.25, -0.2) is 0 Å². The van der Waals surface area contributed by atoms with Crippen LogP contribution in [0.4, 0.5) is 0 Å². The van der Waals surface area contributed by atoms with E-state index >= 15 is 0 Å². The number of allylic oxidation sites excluding steroid dienone is 8. The van der Waals surface area contributed by atoms with E-state index in [0.717, 1.165) is 29.6 Å². The molecular weight excluding hydrogens is 336 g/mol. The second kappa shape index (κ2) is 9.64. The van der Waals surface area contributed by atoms with Gasteiger partial charge in [-0.2, -0.15) is 0 Å². The molecule has 0 spiro atoms. The van der Waals surface area contributed by atoms with Crippen molar-refractivity contribution >= 4 is 0 Å². The lowest BCUT2D eigenvalue weighted by Gasteiger charge is -2.33. The Labute approximate surface area is 174 Å². The van der Waals surface area contributed by atoms with Crippen LogP contribution in [-0.2, 0) is 0 Å². The van der Waals surface area contributed by atoms with Gasteiger partial charge in [-0.3, -0.25) is 0 Å². The van der Waals surface area contributed by atoms with Gasteiger partial charge in [-0.1, -0.05) is 82.1 Å². The van der Waals surface area contributed by atoms with E-state index in [9.17, 15) is 0 Å². The molecule has 0 saturated heterocycles. The van der Waals surface area contributed by atoms with Crippen LogP contribution in [0.3, 0.4) is 0 Å². The van der Waals surface area contributed by atoms with Crippen molar-refractivity contribution in [1.82, 2.24) is 0 Å². The Morgan fingerprint density at radius 3 is 2.04 bits per heavy atom. The lowest BCUT2D eigenvalue weighted by molar-refractivity contribution is 0.239. The van der Waals surface area contributed by atoms with Gasteiger partial charge in [-0.05, 0) is 86.0 Å². The maximum Gasteiger partial charge on any atom is 0.00152 e. The van der Waals surface area contributed by atoms with Crippen molar-refractivity contribution in [3.63, 3.8) is 0 Å². The molecule has 154 valence electrons. The molecule has 0 heteroatoms. The topological polar surface area (TPSA) is 0 Å². The molecule has 0 aromatic carbocycles. The van der Waals surface area contributed by atoms with E-state index in [1.807, 2.05) is 0 Å². The maximum absolute atomic E-state index is 2.58. The van der Waals surface area contributed by atoms with E-state index in [1.165, 1.54) is 70.6 Å². The predicted octanol–water partition coefficient (Wildman–Crippen LogP) is 8.28. The van der Waals surface area contributed by atoms with Gasteiger partial charge in [-0.15, -0.1) is 0 Å². The van der Waals surface area contributed by atoms with Crippen LogP contribution in [0.1, 0.15) is 84.5 Å². The van der Waals surface area contributed by atoms with Crippen LogP contribution >= 0.6 is 0 Å². The summed E-state index contributed by atoms with van der Waals surface area (Å²) in [4.78, 5) is 0. The van der Waals surface area contributed by atoms with Crippen LogP contribution in [0.15, 0.2) is 48.1 Å². The number of hydrogen-bond acceptors (Lipinski definition) is 0. The van der Waals surface area contributed by atoms with Crippen molar-refractivity contribution in [3.8, 4) is 0 Å². The Bertz CT molecular complexity index is 602. The minimum absolute atomic E-state index is 0.670. The molecule has 0 bridgehead atoms. The minimum atomic E-state index is 0.670. The molecule has 0 amide bonds. The predicted molar refractivity (Wildman–Crippen MR) is 122 cm³/mol. The van der Waals surface area contributed by atoms with Gasteiger partial charge in [0.05, 0.1) is 0 Å². The van der Waals surface area contributed by atoms with Gasteiger partial charge in [0.2, 0.25) is 0 Å². The van der Waals surface area contributed by atoms with Crippen molar-refractivity contribution < 1.29 is 0 Å². The number of hydrogen-bond donors (Lipinski definition) is 0. The summed E-state index contributed by atoms with van der Waals surface area (Å²) in [7, 11) is 0. The van der Waals surface area contributed by atoms with Gasteiger partial charge in [0.15, 0.2) is 0 Å². The second-order valence-electron chi connectivity index (χ2n) is 10.6. The first-order valence-corrected chi connectivity index (χ1v) is 12.4. The highest BCUT2D eigenvalue weighted by Crippen LogP contribution is 2.39. The average Bonchev–Trinajstić information content (AvgIpc) is 2.74. The van der Waals surface area contributed by atoms with Gasteiger partial charge in [0, 0.05) is 5.92 Å². The molecule has 0 radical (unpaired) electrons. The summed E-state index contributed by atoms with van der Waals surface area (Å²) >= 11 is 0. The summed E-state index contributed by atoms with van der Waals surface area (Å²) in [5, 5.41) is 0.